The van der Waals surface area contributed by atoms with Crippen LogP contribution in [-0.4, -0.2) is 50.1 Å². The topological polar surface area (TPSA) is 133 Å². The zero-order valence-corrected chi connectivity index (χ0v) is 21.6. The van der Waals surface area contributed by atoms with Crippen LogP contribution in [0, 0.1) is 0 Å². The monoisotopic (exact) mass is 534 g/mol. The maximum Gasteiger partial charge on any atom is 0.350 e. The van der Waals surface area contributed by atoms with E-state index in [1.54, 1.807) is 11.7 Å². The summed E-state index contributed by atoms with van der Waals surface area (Å²) >= 11 is 0. The highest BCUT2D eigenvalue weighted by atomic mass is 16.5. The molecule has 3 N–H and O–H groups in total. The second-order valence-corrected chi connectivity index (χ2v) is 9.29. The van der Waals surface area contributed by atoms with Crippen LogP contribution >= 0.6 is 0 Å². The van der Waals surface area contributed by atoms with Gasteiger partial charge in [0.25, 0.3) is 5.91 Å². The van der Waals surface area contributed by atoms with E-state index in [2.05, 4.69) is 15.4 Å². The number of fused-ring (bicyclic) bond motifs is 1. The van der Waals surface area contributed by atoms with E-state index in [0.717, 1.165) is 16.9 Å². The summed E-state index contributed by atoms with van der Waals surface area (Å²) in [7, 11) is 1.69. The minimum atomic E-state index is -0.583. The highest BCUT2D eigenvalue weighted by Gasteiger charge is 2.32. The lowest BCUT2D eigenvalue weighted by Crippen LogP contribution is -2.33. The van der Waals surface area contributed by atoms with Crippen molar-refractivity contribution in [2.45, 2.75) is 12.5 Å². The number of amides is 2. The summed E-state index contributed by atoms with van der Waals surface area (Å²) in [6, 6.07) is 23.9. The molecule has 0 spiro atoms. The van der Waals surface area contributed by atoms with Crippen LogP contribution in [0.15, 0.2) is 91.5 Å². The summed E-state index contributed by atoms with van der Waals surface area (Å²) in [6.07, 6.45) is 3.35. The third-order valence-corrected chi connectivity index (χ3v) is 6.83. The minimum Gasteiger partial charge on any atom is -0.457 e. The number of rotatable bonds is 6. The maximum atomic E-state index is 13.0. The van der Waals surface area contributed by atoms with E-state index in [9.17, 15) is 9.59 Å². The maximum absolute atomic E-state index is 13.0. The first-order chi connectivity index (χ1) is 19.5. The molecule has 0 saturated heterocycles. The van der Waals surface area contributed by atoms with Gasteiger partial charge in [0.05, 0.1) is 11.7 Å². The van der Waals surface area contributed by atoms with Gasteiger partial charge in [0.1, 0.15) is 41.2 Å². The zero-order chi connectivity index (χ0) is 27.6. The third-order valence-electron chi connectivity index (χ3n) is 6.83. The van der Waals surface area contributed by atoms with Gasteiger partial charge in [0.15, 0.2) is 0 Å². The summed E-state index contributed by atoms with van der Waals surface area (Å²) in [4.78, 5) is 31.2. The van der Waals surface area contributed by atoms with Gasteiger partial charge in [0.2, 0.25) is 0 Å². The molecule has 5 aromatic rings. The number of nitrogens with two attached hydrogens (primary N) is 1. The van der Waals surface area contributed by atoms with Crippen molar-refractivity contribution in [3.05, 3.63) is 103 Å². The number of carbonyl (C=O) groups excluding carboxylic acids is 2. The lowest BCUT2D eigenvalue weighted by atomic mass is 9.99. The third kappa shape index (κ3) is 4.53. The molecule has 40 heavy (non-hydrogen) atoms. The summed E-state index contributed by atoms with van der Waals surface area (Å²) in [5.74, 6) is 1.34. The molecule has 0 radical (unpaired) electrons. The number of primary amides is 1. The van der Waals surface area contributed by atoms with Crippen LogP contribution in [0.2, 0.25) is 0 Å². The Bertz CT molecular complexity index is 1660. The second-order valence-electron chi connectivity index (χ2n) is 9.29. The van der Waals surface area contributed by atoms with Crippen molar-refractivity contribution >= 4 is 23.4 Å². The molecule has 2 aromatic heterocycles. The van der Waals surface area contributed by atoms with Crippen LogP contribution in [0.1, 0.15) is 28.4 Å². The van der Waals surface area contributed by atoms with E-state index in [0.29, 0.717) is 41.5 Å². The molecular weight excluding hydrogens is 508 g/mol. The molecule has 11 nitrogen and oxygen atoms in total. The number of aromatic nitrogens is 5. The van der Waals surface area contributed by atoms with Gasteiger partial charge in [-0.2, -0.15) is 14.9 Å². The number of nitrogens with one attached hydrogen (secondary N) is 1. The van der Waals surface area contributed by atoms with Crippen LogP contribution in [-0.2, 0) is 0 Å². The number of benzene rings is 3. The molecular formula is C29H26N8O3. The van der Waals surface area contributed by atoms with Gasteiger partial charge in [-0.3, -0.25) is 9.69 Å². The van der Waals surface area contributed by atoms with Crippen molar-refractivity contribution in [1.82, 2.24) is 24.5 Å². The molecule has 2 amide bonds. The van der Waals surface area contributed by atoms with Crippen molar-refractivity contribution in [2.24, 2.45) is 5.73 Å². The Kier molecular flexibility index (Phi) is 6.44. The molecule has 11 heteroatoms. The van der Waals surface area contributed by atoms with Crippen LogP contribution in [0.25, 0.3) is 11.3 Å². The van der Waals surface area contributed by atoms with Crippen LogP contribution in [0.3, 0.4) is 0 Å². The SMILES string of the molecule is CN(C(=O)n1cncn1)c1ccccc1C1CCNc2c(C(N)=O)c(-c3ccc(Oc4ccccc4)cc3)nn21. The number of nitrogens with zero attached hydrogens (tertiary/aromatic N) is 6. The lowest BCUT2D eigenvalue weighted by molar-refractivity contribution is 0.100. The molecule has 1 aliphatic heterocycles. The number of anilines is 2. The molecule has 1 unspecified atom stereocenters. The van der Waals surface area contributed by atoms with Crippen molar-refractivity contribution in [3.8, 4) is 22.8 Å². The molecule has 0 aliphatic carbocycles. The molecule has 6 rings (SSSR count). The molecule has 1 atom stereocenters. The standard InChI is InChI=1S/C29H26N8O3/c1-35(29(39)36-18-31-17-33-36)23-10-6-5-9-22(23)24-15-16-32-28-25(27(30)38)26(34-37(24)28)19-11-13-21(14-12-19)40-20-7-3-2-4-8-20/h2-14,17-18,24,32H,15-16H2,1H3,(H2,30,38). The van der Waals surface area contributed by atoms with Crippen molar-refractivity contribution in [1.29, 1.82) is 0 Å². The Hall–Kier alpha value is -5.45. The van der Waals surface area contributed by atoms with Crippen LogP contribution < -0.4 is 20.7 Å². The number of carbonyl (C=O) groups is 2. The van der Waals surface area contributed by atoms with Gasteiger partial charge in [-0.05, 0) is 48.9 Å². The summed E-state index contributed by atoms with van der Waals surface area (Å²) in [5.41, 5.74) is 8.96. The Morgan fingerprint density at radius 2 is 1.73 bits per heavy atom. The Morgan fingerprint density at radius 1 is 1.00 bits per heavy atom. The van der Waals surface area contributed by atoms with E-state index >= 15 is 0 Å². The van der Waals surface area contributed by atoms with Gasteiger partial charge in [-0.25, -0.2) is 14.5 Å². The van der Waals surface area contributed by atoms with Gasteiger partial charge >= 0.3 is 6.03 Å². The average molecular weight is 535 g/mol. The molecule has 1 aliphatic rings. The fourth-order valence-electron chi connectivity index (χ4n) is 4.95. The highest BCUT2D eigenvalue weighted by molar-refractivity contribution is 6.04. The number of hydrogen-bond donors (Lipinski definition) is 2. The molecule has 0 fully saturated rings. The van der Waals surface area contributed by atoms with E-state index in [4.69, 9.17) is 15.6 Å². The van der Waals surface area contributed by atoms with Crippen LogP contribution in [0.4, 0.5) is 16.3 Å². The first-order valence-electron chi connectivity index (χ1n) is 12.7. The molecule has 3 heterocycles. The number of hydrogen-bond acceptors (Lipinski definition) is 7. The smallest absolute Gasteiger partial charge is 0.350 e. The van der Waals surface area contributed by atoms with E-state index in [-0.39, 0.29) is 12.1 Å². The fourth-order valence-corrected chi connectivity index (χ4v) is 4.95. The minimum absolute atomic E-state index is 0.258. The van der Waals surface area contributed by atoms with Crippen LogP contribution in [0.5, 0.6) is 11.5 Å². The van der Waals surface area contributed by atoms with Crippen molar-refractivity contribution < 1.29 is 14.3 Å². The molecule has 0 bridgehead atoms. The predicted octanol–water partition coefficient (Wildman–Crippen LogP) is 4.54. The van der Waals surface area contributed by atoms with Gasteiger partial charge in [-0.1, -0.05) is 36.4 Å². The lowest BCUT2D eigenvalue weighted by Gasteiger charge is -2.30. The number of ether oxygens (including phenoxy) is 1. The molecule has 3 aromatic carbocycles. The van der Waals surface area contributed by atoms with Crippen molar-refractivity contribution in [2.75, 3.05) is 23.8 Å². The van der Waals surface area contributed by atoms with E-state index in [1.807, 2.05) is 78.9 Å². The van der Waals surface area contributed by atoms with E-state index in [1.165, 1.54) is 22.2 Å². The quantitative estimate of drug-likeness (QED) is 0.327. The predicted molar refractivity (Wildman–Crippen MR) is 150 cm³/mol. The van der Waals surface area contributed by atoms with Gasteiger partial charge in [-0.15, -0.1) is 0 Å². The average Bonchev–Trinajstić information content (AvgIpc) is 3.66. The van der Waals surface area contributed by atoms with Crippen molar-refractivity contribution in [3.63, 3.8) is 0 Å². The van der Waals surface area contributed by atoms with E-state index < -0.39 is 5.91 Å². The summed E-state index contributed by atoms with van der Waals surface area (Å²) < 4.78 is 8.88. The largest absolute Gasteiger partial charge is 0.457 e. The summed E-state index contributed by atoms with van der Waals surface area (Å²) in [6.45, 7) is 0.592. The molecule has 200 valence electrons. The fraction of sp³-hybridized carbons (Fsp3) is 0.138. The Labute approximate surface area is 229 Å². The Morgan fingerprint density at radius 3 is 2.45 bits per heavy atom. The number of para-hydroxylation sites is 2. The van der Waals surface area contributed by atoms with Gasteiger partial charge in [0, 0.05) is 24.7 Å². The second kappa shape index (κ2) is 10.4. The Balaban J connectivity index is 1.37. The summed E-state index contributed by atoms with van der Waals surface area (Å²) in [5, 5.41) is 12.2. The first-order valence-corrected chi connectivity index (χ1v) is 12.7. The normalized spacial score (nSPS) is 14.2. The molecule has 0 saturated carbocycles. The highest BCUT2D eigenvalue weighted by Crippen LogP contribution is 2.39. The van der Waals surface area contributed by atoms with Gasteiger partial charge < -0.3 is 15.8 Å². The first kappa shape index (κ1) is 24.9. The zero-order valence-electron chi connectivity index (χ0n) is 21.6.